The normalized spacial score (nSPS) is 15.8. The molecule has 2 aromatic carbocycles. The van der Waals surface area contributed by atoms with Crippen LogP contribution in [0.15, 0.2) is 48.5 Å². The largest absolute Gasteiger partial charge is 0.454 e. The number of fused-ring (bicyclic) bond motifs is 1. The van der Waals surface area contributed by atoms with Crippen LogP contribution < -0.4 is 14.4 Å². The number of ether oxygens (including phenoxy) is 2. The first-order valence-electron chi connectivity index (χ1n) is 7.73. The van der Waals surface area contributed by atoms with Crippen LogP contribution in [-0.2, 0) is 4.79 Å². The summed E-state index contributed by atoms with van der Waals surface area (Å²) in [6, 6.07) is 13.2. The highest BCUT2D eigenvalue weighted by atomic mass is 16.7. The molecule has 0 atom stereocenters. The topological polar surface area (TPSA) is 76.2 Å². The Labute approximate surface area is 143 Å². The number of urea groups is 1. The summed E-state index contributed by atoms with van der Waals surface area (Å²) in [6.45, 7) is -0.264. The molecule has 7 nitrogen and oxygen atoms in total. The molecule has 0 spiro atoms. The second kappa shape index (κ2) is 5.94. The third-order valence-electron chi connectivity index (χ3n) is 4.12. The maximum absolute atomic E-state index is 12.5. The van der Waals surface area contributed by atoms with Gasteiger partial charge in [0.15, 0.2) is 17.3 Å². The lowest BCUT2D eigenvalue weighted by Gasteiger charge is -2.16. The van der Waals surface area contributed by atoms with Crippen molar-refractivity contribution in [2.45, 2.75) is 0 Å². The average molecular weight is 338 g/mol. The molecule has 7 heteroatoms. The molecule has 0 saturated carbocycles. The van der Waals surface area contributed by atoms with Crippen LogP contribution in [0.3, 0.4) is 0 Å². The van der Waals surface area contributed by atoms with Crippen molar-refractivity contribution in [3.05, 3.63) is 54.1 Å². The Balaban J connectivity index is 1.51. The Bertz CT molecular complexity index is 865. The van der Waals surface area contributed by atoms with E-state index < -0.39 is 11.9 Å². The number of anilines is 1. The highest BCUT2D eigenvalue weighted by molar-refractivity contribution is 6.15. The van der Waals surface area contributed by atoms with Gasteiger partial charge in [-0.1, -0.05) is 18.2 Å². The Morgan fingerprint density at radius 2 is 1.76 bits per heavy atom. The first-order valence-corrected chi connectivity index (χ1v) is 7.73. The number of hydrogen-bond acceptors (Lipinski definition) is 5. The predicted octanol–water partition coefficient (Wildman–Crippen LogP) is 2.07. The van der Waals surface area contributed by atoms with E-state index in [9.17, 15) is 14.4 Å². The van der Waals surface area contributed by atoms with Gasteiger partial charge in [-0.15, -0.1) is 0 Å². The van der Waals surface area contributed by atoms with Crippen LogP contribution in [0, 0.1) is 0 Å². The molecule has 0 unspecified atom stereocenters. The molecule has 1 saturated heterocycles. The summed E-state index contributed by atoms with van der Waals surface area (Å²) in [7, 11) is 0. The van der Waals surface area contributed by atoms with Crippen LogP contribution in [0.1, 0.15) is 10.4 Å². The van der Waals surface area contributed by atoms with Gasteiger partial charge in [-0.05, 0) is 30.3 Å². The van der Waals surface area contributed by atoms with Crippen LogP contribution in [0.2, 0.25) is 0 Å². The molecule has 1 fully saturated rings. The SMILES string of the molecule is O=C(CN1C(=O)CN(c2ccccc2)C1=O)c1ccc2c(c1)OCO2. The van der Waals surface area contributed by atoms with Crippen molar-refractivity contribution >= 4 is 23.4 Å². The molecule has 0 bridgehead atoms. The molecule has 0 radical (unpaired) electrons. The Kier molecular flexibility index (Phi) is 3.61. The van der Waals surface area contributed by atoms with E-state index in [1.54, 1.807) is 42.5 Å². The van der Waals surface area contributed by atoms with Gasteiger partial charge in [-0.25, -0.2) is 4.79 Å². The van der Waals surface area contributed by atoms with Crippen LogP contribution >= 0.6 is 0 Å². The molecule has 25 heavy (non-hydrogen) atoms. The number of carbonyl (C=O) groups is 3. The predicted molar refractivity (Wildman–Crippen MR) is 87.8 cm³/mol. The molecule has 3 amide bonds. The number of benzene rings is 2. The van der Waals surface area contributed by atoms with Gasteiger partial charge in [0.25, 0.3) is 5.91 Å². The van der Waals surface area contributed by atoms with Crippen molar-refractivity contribution in [2.24, 2.45) is 0 Å². The van der Waals surface area contributed by atoms with E-state index in [4.69, 9.17) is 9.47 Å². The number of rotatable bonds is 4. The van der Waals surface area contributed by atoms with Crippen molar-refractivity contribution in [3.8, 4) is 11.5 Å². The second-order valence-electron chi connectivity index (χ2n) is 5.68. The number of imide groups is 1. The third-order valence-corrected chi connectivity index (χ3v) is 4.12. The minimum absolute atomic E-state index is 0.0722. The maximum atomic E-state index is 12.5. The number of amides is 3. The zero-order valence-corrected chi connectivity index (χ0v) is 13.2. The summed E-state index contributed by atoms with van der Waals surface area (Å²) < 4.78 is 10.5. The summed E-state index contributed by atoms with van der Waals surface area (Å²) in [5.74, 6) is 0.314. The molecule has 2 aromatic rings. The van der Waals surface area contributed by atoms with Crippen LogP contribution in [-0.4, -0.2) is 42.5 Å². The first kappa shape index (κ1) is 15.2. The average Bonchev–Trinajstić information content (AvgIpc) is 3.21. The fourth-order valence-corrected chi connectivity index (χ4v) is 2.81. The molecule has 4 rings (SSSR count). The van der Waals surface area contributed by atoms with Crippen LogP contribution in [0.25, 0.3) is 0 Å². The molecule has 2 aliphatic heterocycles. The molecular weight excluding hydrogens is 324 g/mol. The van der Waals surface area contributed by atoms with Gasteiger partial charge in [0.1, 0.15) is 6.54 Å². The van der Waals surface area contributed by atoms with Gasteiger partial charge in [-0.3, -0.25) is 19.4 Å². The van der Waals surface area contributed by atoms with Gasteiger partial charge in [0.05, 0.1) is 6.54 Å². The highest BCUT2D eigenvalue weighted by Gasteiger charge is 2.38. The molecule has 0 aromatic heterocycles. The number of ketones is 1. The molecule has 0 aliphatic carbocycles. The number of Topliss-reactive ketones (excluding diaryl/α,β-unsaturated/α-hetero) is 1. The molecule has 0 N–H and O–H groups in total. The highest BCUT2D eigenvalue weighted by Crippen LogP contribution is 2.32. The van der Waals surface area contributed by atoms with Gasteiger partial charge in [0, 0.05) is 11.3 Å². The minimum atomic E-state index is -0.495. The monoisotopic (exact) mass is 338 g/mol. The Morgan fingerprint density at radius 3 is 2.56 bits per heavy atom. The Hall–Kier alpha value is -3.35. The van der Waals surface area contributed by atoms with Gasteiger partial charge in [-0.2, -0.15) is 0 Å². The quantitative estimate of drug-likeness (QED) is 0.630. The standard InChI is InChI=1S/C18H14N2O5/c21-14(12-6-7-15-16(8-12)25-11-24-15)9-20-17(22)10-19(18(20)23)13-4-2-1-3-5-13/h1-8H,9-11H2. The fourth-order valence-electron chi connectivity index (χ4n) is 2.81. The third kappa shape index (κ3) is 2.69. The van der Waals surface area contributed by atoms with E-state index in [0.29, 0.717) is 22.7 Å². The molecule has 2 aliphatic rings. The van der Waals surface area contributed by atoms with Crippen molar-refractivity contribution in [1.29, 1.82) is 0 Å². The second-order valence-corrected chi connectivity index (χ2v) is 5.68. The first-order chi connectivity index (χ1) is 12.1. The van der Waals surface area contributed by atoms with Crippen molar-refractivity contribution in [1.82, 2.24) is 4.90 Å². The molecule has 126 valence electrons. The summed E-state index contributed by atoms with van der Waals surface area (Å²) >= 11 is 0. The fraction of sp³-hybridized carbons (Fsp3) is 0.167. The van der Waals surface area contributed by atoms with Gasteiger partial charge >= 0.3 is 6.03 Å². The maximum Gasteiger partial charge on any atom is 0.332 e. The van der Waals surface area contributed by atoms with Gasteiger partial charge < -0.3 is 9.47 Å². The number of nitrogens with zero attached hydrogens (tertiary/aromatic N) is 2. The van der Waals surface area contributed by atoms with E-state index in [-0.39, 0.29) is 25.7 Å². The summed E-state index contributed by atoms with van der Waals surface area (Å²) in [5.41, 5.74) is 0.988. The lowest BCUT2D eigenvalue weighted by Crippen LogP contribution is -2.37. The van der Waals surface area contributed by atoms with Crippen LogP contribution in [0.4, 0.5) is 10.5 Å². The van der Waals surface area contributed by atoms with Crippen molar-refractivity contribution < 1.29 is 23.9 Å². The van der Waals surface area contributed by atoms with E-state index >= 15 is 0 Å². The molecule has 2 heterocycles. The molecular formula is C18H14N2O5. The summed E-state index contributed by atoms with van der Waals surface area (Å²) in [4.78, 5) is 39.5. The number of hydrogen-bond donors (Lipinski definition) is 0. The van der Waals surface area contributed by atoms with Crippen molar-refractivity contribution in [2.75, 3.05) is 24.8 Å². The van der Waals surface area contributed by atoms with Crippen molar-refractivity contribution in [3.63, 3.8) is 0 Å². The zero-order chi connectivity index (χ0) is 17.4. The van der Waals surface area contributed by atoms with E-state index in [0.717, 1.165) is 4.90 Å². The number of para-hydroxylation sites is 1. The Morgan fingerprint density at radius 1 is 1.00 bits per heavy atom. The van der Waals surface area contributed by atoms with Crippen LogP contribution in [0.5, 0.6) is 11.5 Å². The van der Waals surface area contributed by atoms with Gasteiger partial charge in [0.2, 0.25) is 6.79 Å². The van der Waals surface area contributed by atoms with E-state index in [1.807, 2.05) is 6.07 Å². The summed E-state index contributed by atoms with van der Waals surface area (Å²) in [5, 5.41) is 0. The van der Waals surface area contributed by atoms with E-state index in [1.165, 1.54) is 4.90 Å². The zero-order valence-electron chi connectivity index (χ0n) is 13.2. The lowest BCUT2D eigenvalue weighted by atomic mass is 10.1. The van der Waals surface area contributed by atoms with E-state index in [2.05, 4.69) is 0 Å². The minimum Gasteiger partial charge on any atom is -0.454 e. The lowest BCUT2D eigenvalue weighted by molar-refractivity contribution is -0.124. The smallest absolute Gasteiger partial charge is 0.332 e. The summed E-state index contributed by atoms with van der Waals surface area (Å²) in [6.07, 6.45) is 0. The number of carbonyl (C=O) groups excluding carboxylic acids is 3.